The van der Waals surface area contributed by atoms with Gasteiger partial charge in [0.15, 0.2) is 0 Å². The Kier molecular flexibility index (Phi) is 5.52. The molecule has 9 heteroatoms. The SMILES string of the molecule is COc1ccc(NC(=O)c2cccc(NC(=O)[C@@H]3[C@H]4C[C@H]5[C@H](OC(=O)[C@@H]53)[C@H]4Br)c2)c(OC)c1. The lowest BCUT2D eigenvalue weighted by Crippen LogP contribution is -2.40. The van der Waals surface area contributed by atoms with Crippen LogP contribution in [0, 0.1) is 23.7 Å². The summed E-state index contributed by atoms with van der Waals surface area (Å²) in [5.74, 6) is -0.441. The van der Waals surface area contributed by atoms with Crippen molar-refractivity contribution in [1.82, 2.24) is 0 Å². The third-order valence-electron chi connectivity index (χ3n) is 6.87. The molecule has 3 fully saturated rings. The van der Waals surface area contributed by atoms with Gasteiger partial charge in [-0.15, -0.1) is 0 Å². The van der Waals surface area contributed by atoms with Crippen LogP contribution in [0.3, 0.4) is 0 Å². The number of amides is 2. The van der Waals surface area contributed by atoms with Crippen LogP contribution in [0.2, 0.25) is 0 Å². The van der Waals surface area contributed by atoms with E-state index in [2.05, 4.69) is 26.6 Å². The van der Waals surface area contributed by atoms with Crippen molar-refractivity contribution < 1.29 is 28.6 Å². The van der Waals surface area contributed by atoms with Crippen LogP contribution in [0.25, 0.3) is 0 Å². The maximum absolute atomic E-state index is 13.1. The lowest BCUT2D eigenvalue weighted by atomic mass is 9.79. The standard InChI is InChI=1S/C24H23BrN2O6/c1-31-13-6-7-16(17(9-13)32-2)27-22(28)11-4-3-5-12(8-11)26-23(29)18-14-10-15-19(18)24(30)33-21(15)20(14)25/h3-9,14-15,18-21H,10H2,1-2H3,(H,26,29)(H,27,28)/t14-,15-,18-,19+,20+,21+/m1/s1. The van der Waals surface area contributed by atoms with Crippen molar-refractivity contribution in [2.75, 3.05) is 24.9 Å². The zero-order valence-electron chi connectivity index (χ0n) is 18.0. The molecule has 1 aliphatic heterocycles. The minimum Gasteiger partial charge on any atom is -0.497 e. The van der Waals surface area contributed by atoms with Gasteiger partial charge in [-0.2, -0.15) is 0 Å². The number of nitrogens with one attached hydrogen (secondary N) is 2. The van der Waals surface area contributed by atoms with E-state index >= 15 is 0 Å². The molecule has 0 spiro atoms. The summed E-state index contributed by atoms with van der Waals surface area (Å²) >= 11 is 3.62. The Labute approximate surface area is 199 Å². The van der Waals surface area contributed by atoms with E-state index in [1.54, 1.807) is 49.6 Å². The predicted molar refractivity (Wildman–Crippen MR) is 124 cm³/mol. The minimum absolute atomic E-state index is 0.00228. The Morgan fingerprint density at radius 2 is 1.88 bits per heavy atom. The molecule has 2 aliphatic carbocycles. The first-order valence-electron chi connectivity index (χ1n) is 10.7. The molecule has 2 N–H and O–H groups in total. The van der Waals surface area contributed by atoms with Crippen molar-refractivity contribution in [2.45, 2.75) is 17.4 Å². The molecule has 33 heavy (non-hydrogen) atoms. The smallest absolute Gasteiger partial charge is 0.310 e. The van der Waals surface area contributed by atoms with Crippen molar-refractivity contribution in [1.29, 1.82) is 0 Å². The number of methoxy groups -OCH3 is 2. The highest BCUT2D eigenvalue weighted by atomic mass is 79.9. The molecule has 5 rings (SSSR count). The number of hydrogen-bond acceptors (Lipinski definition) is 6. The van der Waals surface area contributed by atoms with Crippen molar-refractivity contribution in [3.8, 4) is 11.5 Å². The second-order valence-corrected chi connectivity index (χ2v) is 9.61. The van der Waals surface area contributed by atoms with Gasteiger partial charge in [-0.05, 0) is 42.7 Å². The van der Waals surface area contributed by atoms with Crippen LogP contribution in [-0.4, -0.2) is 42.9 Å². The number of hydrogen-bond donors (Lipinski definition) is 2. The maximum atomic E-state index is 13.1. The van der Waals surface area contributed by atoms with Gasteiger partial charge in [0.2, 0.25) is 5.91 Å². The van der Waals surface area contributed by atoms with Gasteiger partial charge in [-0.3, -0.25) is 14.4 Å². The monoisotopic (exact) mass is 514 g/mol. The van der Waals surface area contributed by atoms with Gasteiger partial charge >= 0.3 is 5.97 Å². The van der Waals surface area contributed by atoms with Crippen LogP contribution in [0.5, 0.6) is 11.5 Å². The molecule has 0 unspecified atom stereocenters. The lowest BCUT2D eigenvalue weighted by Gasteiger charge is -2.27. The molecular weight excluding hydrogens is 492 g/mol. The van der Waals surface area contributed by atoms with Gasteiger partial charge in [0.1, 0.15) is 17.6 Å². The first kappa shape index (κ1) is 21.8. The van der Waals surface area contributed by atoms with Gasteiger partial charge in [-0.1, -0.05) is 22.0 Å². The van der Waals surface area contributed by atoms with Crippen LogP contribution in [0.15, 0.2) is 42.5 Å². The molecule has 1 heterocycles. The van der Waals surface area contributed by atoms with Crippen LogP contribution < -0.4 is 20.1 Å². The number of carbonyl (C=O) groups is 3. The highest BCUT2D eigenvalue weighted by Crippen LogP contribution is 2.60. The summed E-state index contributed by atoms with van der Waals surface area (Å²) in [6, 6.07) is 11.8. The van der Waals surface area contributed by atoms with Gasteiger partial charge in [-0.25, -0.2) is 0 Å². The fourth-order valence-electron chi connectivity index (χ4n) is 5.39. The number of halogens is 1. The summed E-state index contributed by atoms with van der Waals surface area (Å²) < 4.78 is 16.0. The summed E-state index contributed by atoms with van der Waals surface area (Å²) in [7, 11) is 3.06. The molecule has 6 atom stereocenters. The number of carbonyl (C=O) groups excluding carboxylic acids is 3. The lowest BCUT2D eigenvalue weighted by molar-refractivity contribution is -0.145. The van der Waals surface area contributed by atoms with Gasteiger partial charge in [0.25, 0.3) is 5.91 Å². The highest BCUT2D eigenvalue weighted by Gasteiger charge is 2.67. The van der Waals surface area contributed by atoms with E-state index in [4.69, 9.17) is 14.2 Å². The average molecular weight is 515 g/mol. The van der Waals surface area contributed by atoms with Gasteiger partial charge in [0, 0.05) is 23.2 Å². The second-order valence-electron chi connectivity index (χ2n) is 8.55. The van der Waals surface area contributed by atoms with E-state index in [1.807, 2.05) is 0 Å². The molecule has 172 valence electrons. The van der Waals surface area contributed by atoms with Gasteiger partial charge < -0.3 is 24.8 Å². The largest absolute Gasteiger partial charge is 0.497 e. The van der Waals surface area contributed by atoms with Crippen LogP contribution in [0.1, 0.15) is 16.8 Å². The van der Waals surface area contributed by atoms with E-state index in [-0.39, 0.29) is 46.5 Å². The molecule has 2 saturated carbocycles. The fourth-order valence-corrected chi connectivity index (χ4v) is 6.44. The van der Waals surface area contributed by atoms with E-state index in [0.29, 0.717) is 28.4 Å². The normalized spacial score (nSPS) is 28.9. The number of alkyl halides is 1. The molecule has 8 nitrogen and oxygen atoms in total. The summed E-state index contributed by atoms with van der Waals surface area (Å²) in [6.07, 6.45) is 0.680. The van der Waals surface area contributed by atoms with Crippen molar-refractivity contribution >= 4 is 45.1 Å². The maximum Gasteiger partial charge on any atom is 0.310 e. The summed E-state index contributed by atoms with van der Waals surface area (Å²) in [5, 5.41) is 5.72. The molecule has 2 bridgehead atoms. The summed E-state index contributed by atoms with van der Waals surface area (Å²) in [4.78, 5) is 38.3. The fraction of sp³-hybridized carbons (Fsp3) is 0.375. The number of ether oxygens (including phenoxy) is 3. The average Bonchev–Trinajstić information content (AvgIpc) is 3.43. The number of benzene rings is 2. The molecule has 1 saturated heterocycles. The quantitative estimate of drug-likeness (QED) is 0.451. The molecule has 3 aliphatic rings. The number of rotatable bonds is 6. The van der Waals surface area contributed by atoms with Crippen LogP contribution in [-0.2, 0) is 14.3 Å². The Balaban J connectivity index is 1.30. The number of fused-ring (bicyclic) bond motifs is 1. The third kappa shape index (κ3) is 3.64. The van der Waals surface area contributed by atoms with Gasteiger partial charge in [0.05, 0.1) is 36.6 Å². The van der Waals surface area contributed by atoms with Crippen LogP contribution in [0.4, 0.5) is 11.4 Å². The molecule has 0 aromatic heterocycles. The Hall–Kier alpha value is -3.07. The second kappa shape index (κ2) is 8.37. The molecule has 2 amide bonds. The zero-order valence-corrected chi connectivity index (χ0v) is 19.6. The molecule has 0 radical (unpaired) electrons. The number of anilines is 2. The molecule has 2 aromatic rings. The first-order valence-corrected chi connectivity index (χ1v) is 11.6. The van der Waals surface area contributed by atoms with Crippen LogP contribution >= 0.6 is 15.9 Å². The minimum atomic E-state index is -0.438. The molecular formula is C24H23BrN2O6. The number of esters is 1. The van der Waals surface area contributed by atoms with E-state index in [0.717, 1.165) is 6.42 Å². The summed E-state index contributed by atoms with van der Waals surface area (Å²) in [6.45, 7) is 0. The Morgan fingerprint density at radius 3 is 2.64 bits per heavy atom. The Morgan fingerprint density at radius 1 is 1.06 bits per heavy atom. The van der Waals surface area contributed by atoms with E-state index < -0.39 is 5.92 Å². The third-order valence-corrected chi connectivity index (χ3v) is 8.08. The van der Waals surface area contributed by atoms with E-state index in [9.17, 15) is 14.4 Å². The van der Waals surface area contributed by atoms with Crippen molar-refractivity contribution in [3.05, 3.63) is 48.0 Å². The predicted octanol–water partition coefficient (Wildman–Crippen LogP) is 3.47. The van der Waals surface area contributed by atoms with E-state index in [1.165, 1.54) is 7.11 Å². The Bertz CT molecular complexity index is 1140. The van der Waals surface area contributed by atoms with Crippen molar-refractivity contribution in [2.24, 2.45) is 23.7 Å². The molecule has 2 aromatic carbocycles. The van der Waals surface area contributed by atoms with Crippen molar-refractivity contribution in [3.63, 3.8) is 0 Å². The zero-order chi connectivity index (χ0) is 23.3. The summed E-state index contributed by atoms with van der Waals surface area (Å²) in [5.41, 5.74) is 1.36. The topological polar surface area (TPSA) is 103 Å². The highest BCUT2D eigenvalue weighted by molar-refractivity contribution is 9.09. The first-order chi connectivity index (χ1) is 15.9.